The van der Waals surface area contributed by atoms with E-state index in [0.29, 0.717) is 28.7 Å². The maximum absolute atomic E-state index is 5.45. The first-order valence-electron chi connectivity index (χ1n) is 13.3. The fourth-order valence-corrected chi connectivity index (χ4v) is 6.33. The first-order chi connectivity index (χ1) is 21.4. The predicted octanol–water partition coefficient (Wildman–Crippen LogP) is 4.63. The summed E-state index contributed by atoms with van der Waals surface area (Å²) in [5.74, 6) is 1.99. The lowest BCUT2D eigenvalue weighted by Gasteiger charge is -2.56. The normalized spacial score (nSPS) is 18.8. The Morgan fingerprint density at radius 2 is 1.84 bits per heavy atom. The highest BCUT2D eigenvalue weighted by atomic mass is 32.1. The van der Waals surface area contributed by atoms with E-state index >= 15 is 0 Å². The molecule has 0 aliphatic carbocycles. The standard InChI is InChI=1S/C29H22N12OS/c1-2-9-31-20(4-1)26-25(19-7-16-42-38-19)27(21-8-17-43-39-21)41(24-6-11-36-37-24)29(28-34-14-15-35-28,22-18-30-12-13-32-22)40(26)23-5-3-10-33-23/h1-18,26,33H,(H,34,35)(H,36,37). The smallest absolute Gasteiger partial charge is 0.225 e. The van der Waals surface area contributed by atoms with Gasteiger partial charge in [-0.15, -0.1) is 0 Å². The fourth-order valence-electron chi connectivity index (χ4n) is 5.82. The topological polar surface area (TPSA) is 157 Å². The molecule has 0 fully saturated rings. The van der Waals surface area contributed by atoms with Crippen molar-refractivity contribution in [2.75, 3.05) is 9.80 Å². The lowest BCUT2D eigenvalue weighted by atomic mass is 9.84. The molecule has 0 saturated heterocycles. The first-order valence-corrected chi connectivity index (χ1v) is 14.2. The lowest BCUT2D eigenvalue weighted by molar-refractivity contribution is 0.400. The molecule has 43 heavy (non-hydrogen) atoms. The van der Waals surface area contributed by atoms with Crippen LogP contribution in [0.1, 0.15) is 34.6 Å². The maximum Gasteiger partial charge on any atom is 0.225 e. The van der Waals surface area contributed by atoms with Gasteiger partial charge < -0.3 is 19.4 Å². The Bertz CT molecular complexity index is 1920. The Labute approximate surface area is 248 Å². The van der Waals surface area contributed by atoms with Crippen LogP contribution in [0, 0.1) is 0 Å². The minimum absolute atomic E-state index is 0.562. The molecule has 8 rings (SSSR count). The zero-order valence-corrected chi connectivity index (χ0v) is 23.1. The molecule has 8 heterocycles. The molecule has 1 aliphatic rings. The molecule has 2 atom stereocenters. The number of anilines is 2. The second kappa shape index (κ2) is 10.2. The van der Waals surface area contributed by atoms with Gasteiger partial charge in [0.2, 0.25) is 5.66 Å². The Balaban J connectivity index is 1.63. The van der Waals surface area contributed by atoms with Crippen LogP contribution in [-0.4, -0.2) is 49.6 Å². The molecule has 0 amide bonds. The summed E-state index contributed by atoms with van der Waals surface area (Å²) >= 11 is 1.35. The van der Waals surface area contributed by atoms with E-state index in [0.717, 1.165) is 22.8 Å². The number of H-pyrrole nitrogens is 3. The van der Waals surface area contributed by atoms with E-state index in [-0.39, 0.29) is 0 Å². The number of rotatable bonds is 7. The molecule has 210 valence electrons. The Morgan fingerprint density at radius 1 is 0.837 bits per heavy atom. The van der Waals surface area contributed by atoms with Gasteiger partial charge in [0.1, 0.15) is 41.0 Å². The summed E-state index contributed by atoms with van der Waals surface area (Å²) in [5, 5.41) is 14.0. The summed E-state index contributed by atoms with van der Waals surface area (Å²) < 4.78 is 10.3. The second-order valence-electron chi connectivity index (χ2n) is 9.59. The molecule has 14 heteroatoms. The minimum atomic E-state index is -1.30. The van der Waals surface area contributed by atoms with Crippen LogP contribution < -0.4 is 9.80 Å². The third kappa shape index (κ3) is 3.80. The molecule has 7 aromatic rings. The molecule has 7 aromatic heterocycles. The molecule has 13 nitrogen and oxygen atoms in total. The van der Waals surface area contributed by atoms with Crippen molar-refractivity contribution in [2.45, 2.75) is 11.7 Å². The zero-order valence-electron chi connectivity index (χ0n) is 22.3. The number of imidazole rings is 1. The molecular weight excluding hydrogens is 564 g/mol. The van der Waals surface area contributed by atoms with Gasteiger partial charge in [0, 0.05) is 60.3 Å². The van der Waals surface area contributed by atoms with E-state index in [9.17, 15) is 0 Å². The number of hydrogen-bond donors (Lipinski definition) is 3. The molecule has 1 aliphatic heterocycles. The third-order valence-corrected chi connectivity index (χ3v) is 7.92. The van der Waals surface area contributed by atoms with Crippen LogP contribution in [0.4, 0.5) is 11.6 Å². The largest absolute Gasteiger partial charge is 0.364 e. The van der Waals surface area contributed by atoms with Crippen LogP contribution in [0.15, 0.2) is 114 Å². The average Bonchev–Trinajstić information content (AvgIpc) is 3.90. The maximum atomic E-state index is 5.45. The number of aromatic nitrogens is 10. The summed E-state index contributed by atoms with van der Waals surface area (Å²) in [6.07, 6.45) is 15.5. The second-order valence-corrected chi connectivity index (χ2v) is 10.3. The van der Waals surface area contributed by atoms with Gasteiger partial charge in [0.05, 0.1) is 23.8 Å². The van der Waals surface area contributed by atoms with Gasteiger partial charge in [-0.2, -0.15) is 9.47 Å². The zero-order chi connectivity index (χ0) is 28.6. The number of pyridine rings is 1. The van der Waals surface area contributed by atoms with E-state index in [1.54, 1.807) is 49.6 Å². The average molecular weight is 587 g/mol. The van der Waals surface area contributed by atoms with Crippen LogP contribution >= 0.6 is 11.5 Å². The number of aromatic amines is 3. The molecule has 0 aromatic carbocycles. The number of nitrogens with one attached hydrogen (secondary N) is 3. The molecule has 2 unspecified atom stereocenters. The third-order valence-electron chi connectivity index (χ3n) is 7.36. The highest BCUT2D eigenvalue weighted by molar-refractivity contribution is 7.03. The first kappa shape index (κ1) is 24.9. The van der Waals surface area contributed by atoms with Crippen molar-refractivity contribution >= 4 is 34.4 Å². The lowest BCUT2D eigenvalue weighted by Crippen LogP contribution is -2.64. The van der Waals surface area contributed by atoms with E-state index in [1.165, 1.54) is 11.5 Å². The van der Waals surface area contributed by atoms with Crippen LogP contribution in [0.5, 0.6) is 0 Å². The van der Waals surface area contributed by atoms with Gasteiger partial charge in [-0.05, 0) is 41.9 Å². The molecule has 0 bridgehead atoms. The predicted molar refractivity (Wildman–Crippen MR) is 158 cm³/mol. The van der Waals surface area contributed by atoms with Crippen molar-refractivity contribution in [1.82, 2.24) is 49.6 Å². The Kier molecular flexibility index (Phi) is 5.89. The highest BCUT2D eigenvalue weighted by Crippen LogP contribution is 2.57. The summed E-state index contributed by atoms with van der Waals surface area (Å²) in [6, 6.07) is 15.0. The monoisotopic (exact) mass is 586 g/mol. The number of hydrogen-bond acceptors (Lipinski definition) is 11. The van der Waals surface area contributed by atoms with E-state index in [2.05, 4.69) is 40.1 Å². The van der Waals surface area contributed by atoms with Crippen LogP contribution in [0.3, 0.4) is 0 Å². The van der Waals surface area contributed by atoms with Crippen LogP contribution in [-0.2, 0) is 5.66 Å². The van der Waals surface area contributed by atoms with E-state index in [4.69, 9.17) is 23.8 Å². The summed E-state index contributed by atoms with van der Waals surface area (Å²) in [6.45, 7) is 0. The summed E-state index contributed by atoms with van der Waals surface area (Å²) in [5.41, 5.74) is 2.91. The number of nitrogens with zero attached hydrogens (tertiary/aromatic N) is 9. The molecular formula is C29H22N12OS. The Morgan fingerprint density at radius 3 is 2.51 bits per heavy atom. The molecule has 3 N–H and O–H groups in total. The quantitative estimate of drug-likeness (QED) is 0.241. The van der Waals surface area contributed by atoms with E-state index in [1.807, 2.05) is 60.1 Å². The van der Waals surface area contributed by atoms with E-state index < -0.39 is 11.7 Å². The summed E-state index contributed by atoms with van der Waals surface area (Å²) in [4.78, 5) is 30.4. The van der Waals surface area contributed by atoms with Crippen molar-refractivity contribution in [3.63, 3.8) is 0 Å². The van der Waals surface area contributed by atoms with Gasteiger partial charge >= 0.3 is 0 Å². The highest BCUT2D eigenvalue weighted by Gasteiger charge is 2.60. The van der Waals surface area contributed by atoms with Crippen molar-refractivity contribution in [3.8, 4) is 0 Å². The summed E-state index contributed by atoms with van der Waals surface area (Å²) in [7, 11) is 0. The molecule has 0 spiro atoms. The van der Waals surface area contributed by atoms with Crippen molar-refractivity contribution < 1.29 is 4.52 Å². The van der Waals surface area contributed by atoms with Crippen molar-refractivity contribution in [2.24, 2.45) is 0 Å². The van der Waals surface area contributed by atoms with Crippen molar-refractivity contribution in [1.29, 1.82) is 0 Å². The van der Waals surface area contributed by atoms with Crippen LogP contribution in [0.25, 0.3) is 11.3 Å². The Hall–Kier alpha value is -5.89. The van der Waals surface area contributed by atoms with Gasteiger partial charge in [0.15, 0.2) is 5.82 Å². The SMILES string of the molecule is c1ccc(C2C(c3ccon3)=C(c3ccsn3)N(c3ccn[nH]3)C(c3cnccn3)(c3ncc[nH]3)N2c2ccc[nH]2)nc1. The van der Waals surface area contributed by atoms with Gasteiger partial charge in [-0.3, -0.25) is 25.0 Å². The van der Waals surface area contributed by atoms with Crippen molar-refractivity contribution in [3.05, 3.63) is 138 Å². The van der Waals surface area contributed by atoms with Crippen LogP contribution in [0.2, 0.25) is 0 Å². The molecule has 0 saturated carbocycles. The minimum Gasteiger partial charge on any atom is -0.364 e. The fraction of sp³-hybridized carbons (Fsp3) is 0.0690. The van der Waals surface area contributed by atoms with Gasteiger partial charge in [-0.25, -0.2) is 4.98 Å². The van der Waals surface area contributed by atoms with Gasteiger partial charge in [0.25, 0.3) is 0 Å². The van der Waals surface area contributed by atoms with Gasteiger partial charge in [-0.1, -0.05) is 11.2 Å². The molecule has 0 radical (unpaired) electrons.